The fourth-order valence-corrected chi connectivity index (χ4v) is 7.39. The lowest BCUT2D eigenvalue weighted by Gasteiger charge is -2.27. The Morgan fingerprint density at radius 1 is 1.08 bits per heavy atom. The first-order chi connectivity index (χ1) is 18.7. The molecule has 1 saturated carbocycles. The standard InChI is InChI=1S/C28H34N4O5S2/c1-3-30-39(36,37)25-15-20(16-26(33)32(2)18-19-7-5-4-6-8-19)9-14-23(25)24-17-29-27(38-24)21-10-12-22(13-11-21)31-28(34)35/h4-9,14-15,17,21-22,30-31H,3,10-13,16,18H2,1-2H3,(H,34,35). The van der Waals surface area contributed by atoms with E-state index < -0.39 is 16.1 Å². The Kier molecular flexibility index (Phi) is 9.36. The molecule has 0 saturated heterocycles. The van der Waals surface area contributed by atoms with Gasteiger partial charge in [0, 0.05) is 43.9 Å². The highest BCUT2D eigenvalue weighted by Gasteiger charge is 2.27. The van der Waals surface area contributed by atoms with Crippen LogP contribution in [0.15, 0.2) is 59.6 Å². The van der Waals surface area contributed by atoms with Crippen LogP contribution in [0.25, 0.3) is 10.4 Å². The summed E-state index contributed by atoms with van der Waals surface area (Å²) < 4.78 is 29.0. The van der Waals surface area contributed by atoms with Crippen LogP contribution in [0.2, 0.25) is 0 Å². The number of nitrogens with one attached hydrogen (secondary N) is 2. The van der Waals surface area contributed by atoms with E-state index >= 15 is 0 Å². The fourth-order valence-electron chi connectivity index (χ4n) is 4.89. The van der Waals surface area contributed by atoms with Gasteiger partial charge in [-0.15, -0.1) is 11.3 Å². The Labute approximate surface area is 233 Å². The number of carbonyl (C=O) groups excluding carboxylic acids is 1. The van der Waals surface area contributed by atoms with Crippen molar-refractivity contribution in [3.63, 3.8) is 0 Å². The summed E-state index contributed by atoms with van der Waals surface area (Å²) in [4.78, 5) is 31.0. The minimum Gasteiger partial charge on any atom is -0.465 e. The topological polar surface area (TPSA) is 129 Å². The zero-order valence-electron chi connectivity index (χ0n) is 22.1. The molecule has 1 aliphatic rings. The first kappa shape index (κ1) is 28.7. The average Bonchev–Trinajstić information content (AvgIpc) is 3.39. The third-order valence-electron chi connectivity index (χ3n) is 6.91. The van der Waals surface area contributed by atoms with E-state index in [4.69, 9.17) is 5.11 Å². The van der Waals surface area contributed by atoms with Crippen molar-refractivity contribution in [2.45, 2.75) is 62.4 Å². The van der Waals surface area contributed by atoms with Crippen LogP contribution in [0.1, 0.15) is 54.7 Å². The molecule has 3 N–H and O–H groups in total. The number of hydrogen-bond acceptors (Lipinski definition) is 6. The molecule has 1 heterocycles. The zero-order chi connectivity index (χ0) is 28.0. The van der Waals surface area contributed by atoms with Gasteiger partial charge in [0.25, 0.3) is 0 Å². The molecule has 4 rings (SSSR count). The average molecular weight is 571 g/mol. The highest BCUT2D eigenvalue weighted by molar-refractivity contribution is 7.89. The number of aromatic nitrogens is 1. The number of rotatable bonds is 10. The summed E-state index contributed by atoms with van der Waals surface area (Å²) in [5.41, 5.74) is 2.19. The highest BCUT2D eigenvalue weighted by Crippen LogP contribution is 2.39. The molecule has 1 aliphatic carbocycles. The Bertz CT molecular complexity index is 1400. The van der Waals surface area contributed by atoms with Crippen molar-refractivity contribution in [3.8, 4) is 10.4 Å². The predicted octanol–water partition coefficient (Wildman–Crippen LogP) is 4.60. The molecule has 2 aromatic carbocycles. The monoisotopic (exact) mass is 570 g/mol. The van der Waals surface area contributed by atoms with Crippen molar-refractivity contribution in [1.82, 2.24) is 19.9 Å². The van der Waals surface area contributed by atoms with E-state index in [1.54, 1.807) is 43.3 Å². The summed E-state index contributed by atoms with van der Waals surface area (Å²) in [7, 11) is -2.07. The molecular formula is C28H34N4O5S2. The molecule has 11 heteroatoms. The maximum absolute atomic E-state index is 13.2. The van der Waals surface area contributed by atoms with Crippen LogP contribution < -0.4 is 10.0 Å². The van der Waals surface area contributed by atoms with Crippen LogP contribution in [-0.2, 0) is 27.8 Å². The fraction of sp³-hybridized carbons (Fsp3) is 0.393. The molecule has 0 spiro atoms. The summed E-state index contributed by atoms with van der Waals surface area (Å²) in [5.74, 6) is 0.105. The summed E-state index contributed by atoms with van der Waals surface area (Å²) in [6.45, 7) is 2.44. The summed E-state index contributed by atoms with van der Waals surface area (Å²) in [5, 5.41) is 12.4. The Balaban J connectivity index is 1.54. The number of hydrogen-bond donors (Lipinski definition) is 3. The van der Waals surface area contributed by atoms with Crippen molar-refractivity contribution in [3.05, 3.63) is 70.9 Å². The first-order valence-electron chi connectivity index (χ1n) is 13.0. The van der Waals surface area contributed by atoms with Crippen LogP contribution >= 0.6 is 11.3 Å². The molecule has 39 heavy (non-hydrogen) atoms. The lowest BCUT2D eigenvalue weighted by Crippen LogP contribution is -2.36. The van der Waals surface area contributed by atoms with Crippen molar-refractivity contribution < 1.29 is 23.1 Å². The molecule has 0 aliphatic heterocycles. The lowest BCUT2D eigenvalue weighted by atomic mass is 9.86. The van der Waals surface area contributed by atoms with Crippen LogP contribution in [0.3, 0.4) is 0 Å². The van der Waals surface area contributed by atoms with Crippen molar-refractivity contribution in [1.29, 1.82) is 0 Å². The second-order valence-electron chi connectivity index (χ2n) is 9.80. The van der Waals surface area contributed by atoms with Crippen molar-refractivity contribution in [2.24, 2.45) is 0 Å². The quantitative estimate of drug-likeness (QED) is 0.327. The maximum Gasteiger partial charge on any atom is 0.404 e. The number of sulfonamides is 1. The molecule has 3 aromatic rings. The van der Waals surface area contributed by atoms with E-state index in [2.05, 4.69) is 15.0 Å². The largest absolute Gasteiger partial charge is 0.465 e. The van der Waals surface area contributed by atoms with Crippen molar-refractivity contribution in [2.75, 3.05) is 13.6 Å². The Morgan fingerprint density at radius 3 is 2.46 bits per heavy atom. The van der Waals surface area contributed by atoms with Gasteiger partial charge in [0.15, 0.2) is 0 Å². The van der Waals surface area contributed by atoms with Crippen LogP contribution in [0.4, 0.5) is 4.79 Å². The van der Waals surface area contributed by atoms with Gasteiger partial charge in [-0.05, 0) is 42.9 Å². The van der Waals surface area contributed by atoms with Gasteiger partial charge in [0.1, 0.15) is 0 Å². The number of thiazole rings is 1. The minimum atomic E-state index is -3.81. The molecular weight excluding hydrogens is 536 g/mol. The molecule has 0 radical (unpaired) electrons. The Hall–Kier alpha value is -3.28. The lowest BCUT2D eigenvalue weighted by molar-refractivity contribution is -0.129. The molecule has 1 fully saturated rings. The predicted molar refractivity (Wildman–Crippen MR) is 151 cm³/mol. The molecule has 9 nitrogen and oxygen atoms in total. The molecule has 2 amide bonds. The van der Waals surface area contributed by atoms with Crippen LogP contribution in [0.5, 0.6) is 0 Å². The normalized spacial score (nSPS) is 17.5. The maximum atomic E-state index is 13.2. The molecule has 1 aromatic heterocycles. The first-order valence-corrected chi connectivity index (χ1v) is 15.3. The van der Waals surface area contributed by atoms with E-state index in [0.717, 1.165) is 41.1 Å². The van der Waals surface area contributed by atoms with Crippen LogP contribution in [-0.4, -0.2) is 55.0 Å². The van der Waals surface area contributed by atoms with E-state index in [0.29, 0.717) is 17.7 Å². The number of carbonyl (C=O) groups is 2. The third-order valence-corrected chi connectivity index (χ3v) is 9.69. The van der Waals surface area contributed by atoms with Gasteiger partial charge in [-0.3, -0.25) is 4.79 Å². The van der Waals surface area contributed by atoms with E-state index in [1.165, 1.54) is 11.3 Å². The van der Waals surface area contributed by atoms with Gasteiger partial charge < -0.3 is 15.3 Å². The van der Waals surface area contributed by atoms with Gasteiger partial charge in [0.2, 0.25) is 15.9 Å². The van der Waals surface area contributed by atoms with Gasteiger partial charge in [-0.2, -0.15) is 0 Å². The highest BCUT2D eigenvalue weighted by atomic mass is 32.2. The van der Waals surface area contributed by atoms with Crippen molar-refractivity contribution >= 4 is 33.4 Å². The number of benzene rings is 2. The van der Waals surface area contributed by atoms with Crippen LogP contribution in [0, 0.1) is 0 Å². The molecule has 0 bridgehead atoms. The second-order valence-corrected chi connectivity index (χ2v) is 12.6. The molecule has 0 unspecified atom stereocenters. The number of likely N-dealkylation sites (N-methyl/N-ethyl adjacent to an activating group) is 1. The minimum absolute atomic E-state index is 0.0444. The van der Waals surface area contributed by atoms with Gasteiger partial charge in [0.05, 0.1) is 21.2 Å². The summed E-state index contributed by atoms with van der Waals surface area (Å²) in [6.07, 6.45) is 3.91. The SMILES string of the molecule is CCNS(=O)(=O)c1cc(CC(=O)N(C)Cc2ccccc2)ccc1-c1cnc(C2CCC(NC(=O)O)CC2)s1. The number of amides is 2. The third kappa shape index (κ3) is 7.43. The van der Waals surface area contributed by atoms with E-state index in [1.807, 2.05) is 30.3 Å². The number of carboxylic acid groups (broad SMARTS) is 1. The smallest absolute Gasteiger partial charge is 0.404 e. The van der Waals surface area contributed by atoms with E-state index in [9.17, 15) is 18.0 Å². The second kappa shape index (κ2) is 12.7. The summed E-state index contributed by atoms with van der Waals surface area (Å²) in [6, 6.07) is 14.8. The molecule has 0 atom stereocenters. The number of nitrogens with zero attached hydrogens (tertiary/aromatic N) is 2. The Morgan fingerprint density at radius 2 is 1.79 bits per heavy atom. The summed E-state index contributed by atoms with van der Waals surface area (Å²) >= 11 is 1.47. The van der Waals surface area contributed by atoms with Gasteiger partial charge in [-0.1, -0.05) is 49.4 Å². The van der Waals surface area contributed by atoms with Gasteiger partial charge in [-0.25, -0.2) is 22.9 Å². The zero-order valence-corrected chi connectivity index (χ0v) is 23.7. The molecule has 208 valence electrons. The van der Waals surface area contributed by atoms with E-state index in [-0.39, 0.29) is 35.7 Å². The van der Waals surface area contributed by atoms with Gasteiger partial charge >= 0.3 is 6.09 Å².